The molecule has 0 bridgehead atoms. The number of sulfone groups is 1. The topological polar surface area (TPSA) is 126 Å². The molecule has 0 aliphatic heterocycles. The van der Waals surface area contributed by atoms with Crippen LogP contribution in [0.25, 0.3) is 11.3 Å². The Morgan fingerprint density at radius 3 is 2.53 bits per heavy atom. The molecule has 2 aromatic rings. The Balaban J connectivity index is 1.94. The van der Waals surface area contributed by atoms with Crippen molar-refractivity contribution in [3.05, 3.63) is 46.1 Å². The van der Waals surface area contributed by atoms with Crippen LogP contribution in [0.2, 0.25) is 0 Å². The second kappa shape index (κ2) is 10.6. The van der Waals surface area contributed by atoms with Crippen LogP contribution < -0.4 is 0 Å². The highest BCUT2D eigenvalue weighted by Crippen LogP contribution is 2.33. The quantitative estimate of drug-likeness (QED) is 0.226. The molecule has 0 radical (unpaired) electrons. The van der Waals surface area contributed by atoms with Crippen LogP contribution in [0, 0.1) is 10.1 Å². The monoisotopic (exact) mass is 464 g/mol. The second-order valence-corrected chi connectivity index (χ2v) is 9.84. The molecule has 1 aromatic heterocycles. The zero-order valence-corrected chi connectivity index (χ0v) is 19.1. The molecule has 0 atom stereocenters. The Morgan fingerprint density at radius 2 is 1.94 bits per heavy atom. The summed E-state index contributed by atoms with van der Waals surface area (Å²) in [6.07, 6.45) is 7.46. The summed E-state index contributed by atoms with van der Waals surface area (Å²) in [6, 6.07) is 8.92. The number of rotatable bonds is 10. The van der Waals surface area contributed by atoms with Crippen LogP contribution in [0.4, 0.5) is 0 Å². The van der Waals surface area contributed by atoms with Gasteiger partial charge in [0.2, 0.25) is 0 Å². The summed E-state index contributed by atoms with van der Waals surface area (Å²) >= 11 is 0. The zero-order valence-electron chi connectivity index (χ0n) is 18.3. The van der Waals surface area contributed by atoms with Gasteiger partial charge in [0.25, 0.3) is 5.09 Å². The standard InChI is InChI=1S/C21H28N4O6S/c1-30-23-19(9-6-14-31-25(26)27)20-15-21(24(22-20)17-7-4-3-5-8-17)16-10-12-18(13-11-16)32(2,28)29/h10-13,15,17H,3-9,14H2,1-2H3/b23-19+. The molecule has 0 spiro atoms. The molecule has 1 aliphatic rings. The molecule has 1 saturated carbocycles. The van der Waals surface area contributed by atoms with E-state index in [1.807, 2.05) is 10.7 Å². The number of hydrogen-bond acceptors (Lipinski definition) is 8. The van der Waals surface area contributed by atoms with Crippen molar-refractivity contribution in [3.8, 4) is 11.3 Å². The van der Waals surface area contributed by atoms with Crippen molar-refractivity contribution >= 4 is 15.5 Å². The van der Waals surface area contributed by atoms with Gasteiger partial charge < -0.3 is 9.68 Å². The van der Waals surface area contributed by atoms with Crippen molar-refractivity contribution in [3.63, 3.8) is 0 Å². The van der Waals surface area contributed by atoms with Crippen LogP contribution >= 0.6 is 0 Å². The Labute approximate surface area is 187 Å². The maximum Gasteiger partial charge on any atom is 0.294 e. The van der Waals surface area contributed by atoms with Crippen LogP contribution in [0.15, 0.2) is 40.4 Å². The molecule has 1 aromatic carbocycles. The normalized spacial score (nSPS) is 15.5. The molecule has 1 fully saturated rings. The van der Waals surface area contributed by atoms with Gasteiger partial charge in [0.15, 0.2) is 9.84 Å². The molecule has 0 saturated heterocycles. The van der Waals surface area contributed by atoms with E-state index in [-0.39, 0.29) is 17.5 Å². The van der Waals surface area contributed by atoms with Crippen LogP contribution in [0.5, 0.6) is 0 Å². The molecule has 174 valence electrons. The summed E-state index contributed by atoms with van der Waals surface area (Å²) in [5.74, 6) is 0. The lowest BCUT2D eigenvalue weighted by Gasteiger charge is -2.24. The van der Waals surface area contributed by atoms with E-state index in [4.69, 9.17) is 9.94 Å². The predicted octanol–water partition coefficient (Wildman–Crippen LogP) is 3.80. The lowest BCUT2D eigenvalue weighted by Crippen LogP contribution is -2.16. The fourth-order valence-electron chi connectivity index (χ4n) is 3.94. The fraction of sp³-hybridized carbons (Fsp3) is 0.524. The van der Waals surface area contributed by atoms with Crippen LogP contribution in [0.1, 0.15) is 56.7 Å². The van der Waals surface area contributed by atoms with Crippen molar-refractivity contribution in [2.24, 2.45) is 5.16 Å². The summed E-state index contributed by atoms with van der Waals surface area (Å²) in [5, 5.41) is 18.5. The van der Waals surface area contributed by atoms with Crippen molar-refractivity contribution in [1.82, 2.24) is 9.78 Å². The third-order valence-electron chi connectivity index (χ3n) is 5.49. The first kappa shape index (κ1) is 23.7. The maximum absolute atomic E-state index is 11.8. The summed E-state index contributed by atoms with van der Waals surface area (Å²) in [7, 11) is -1.84. The van der Waals surface area contributed by atoms with Gasteiger partial charge in [-0.15, -0.1) is 10.1 Å². The van der Waals surface area contributed by atoms with Crippen LogP contribution in [-0.2, 0) is 19.5 Å². The van der Waals surface area contributed by atoms with Gasteiger partial charge in [-0.05, 0) is 49.4 Å². The number of hydrogen-bond donors (Lipinski definition) is 0. The Bertz CT molecular complexity index is 1060. The minimum atomic E-state index is -3.28. The van der Waals surface area contributed by atoms with E-state index < -0.39 is 14.9 Å². The van der Waals surface area contributed by atoms with E-state index in [9.17, 15) is 18.5 Å². The number of benzene rings is 1. The number of oxime groups is 1. The molecular weight excluding hydrogens is 436 g/mol. The highest BCUT2D eigenvalue weighted by Gasteiger charge is 2.23. The lowest BCUT2D eigenvalue weighted by atomic mass is 9.95. The first-order valence-electron chi connectivity index (χ1n) is 10.6. The molecule has 1 heterocycles. The minimum absolute atomic E-state index is 0.0428. The summed E-state index contributed by atoms with van der Waals surface area (Å²) in [4.78, 5) is 20.0. The maximum atomic E-state index is 11.8. The van der Waals surface area contributed by atoms with Gasteiger partial charge in [0, 0.05) is 6.26 Å². The molecule has 1 aliphatic carbocycles. The number of nitrogens with zero attached hydrogens (tertiary/aromatic N) is 4. The van der Waals surface area contributed by atoms with Gasteiger partial charge in [-0.3, -0.25) is 4.68 Å². The van der Waals surface area contributed by atoms with Gasteiger partial charge in [-0.25, -0.2) is 8.42 Å². The molecular formula is C21H28N4O6S. The van der Waals surface area contributed by atoms with E-state index in [0.717, 1.165) is 36.9 Å². The zero-order chi connectivity index (χ0) is 23.1. The van der Waals surface area contributed by atoms with Crippen LogP contribution in [-0.4, -0.2) is 49.0 Å². The van der Waals surface area contributed by atoms with Gasteiger partial charge >= 0.3 is 0 Å². The van der Waals surface area contributed by atoms with Gasteiger partial charge in [0.1, 0.15) is 18.5 Å². The average molecular weight is 465 g/mol. The highest BCUT2D eigenvalue weighted by atomic mass is 32.2. The average Bonchev–Trinajstić information content (AvgIpc) is 3.21. The van der Waals surface area contributed by atoms with Crippen LogP contribution in [0.3, 0.4) is 0 Å². The van der Waals surface area contributed by atoms with E-state index >= 15 is 0 Å². The van der Waals surface area contributed by atoms with Crippen molar-refractivity contribution in [1.29, 1.82) is 0 Å². The van der Waals surface area contributed by atoms with E-state index in [1.165, 1.54) is 19.8 Å². The smallest absolute Gasteiger partial charge is 0.294 e. The van der Waals surface area contributed by atoms with Crippen molar-refractivity contribution in [2.75, 3.05) is 20.0 Å². The molecule has 11 heteroatoms. The third kappa shape index (κ3) is 6.06. The van der Waals surface area contributed by atoms with E-state index in [0.29, 0.717) is 24.2 Å². The van der Waals surface area contributed by atoms with Gasteiger partial charge in [-0.2, -0.15) is 5.10 Å². The third-order valence-corrected chi connectivity index (χ3v) is 6.61. The van der Waals surface area contributed by atoms with Crippen molar-refractivity contribution < 1.29 is 23.2 Å². The fourth-order valence-corrected chi connectivity index (χ4v) is 4.57. The Morgan fingerprint density at radius 1 is 1.25 bits per heavy atom. The van der Waals surface area contributed by atoms with E-state index in [1.54, 1.807) is 24.3 Å². The Kier molecular flexibility index (Phi) is 7.84. The van der Waals surface area contributed by atoms with Gasteiger partial charge in [0.05, 0.1) is 23.2 Å². The first-order chi connectivity index (χ1) is 15.3. The molecule has 3 rings (SSSR count). The van der Waals surface area contributed by atoms with Crippen molar-refractivity contribution in [2.45, 2.75) is 55.9 Å². The number of aromatic nitrogens is 2. The minimum Gasteiger partial charge on any atom is -0.399 e. The highest BCUT2D eigenvalue weighted by molar-refractivity contribution is 7.90. The first-order valence-corrected chi connectivity index (χ1v) is 12.5. The Hall–Kier alpha value is -2.95. The molecule has 10 nitrogen and oxygen atoms in total. The summed E-state index contributed by atoms with van der Waals surface area (Å²) in [5.41, 5.74) is 2.93. The molecule has 0 amide bonds. The second-order valence-electron chi connectivity index (χ2n) is 7.83. The van der Waals surface area contributed by atoms with Gasteiger partial charge in [-0.1, -0.05) is 36.6 Å². The largest absolute Gasteiger partial charge is 0.399 e. The molecule has 0 unspecified atom stereocenters. The van der Waals surface area contributed by atoms with E-state index in [2.05, 4.69) is 9.99 Å². The SMILES string of the molecule is CO/N=C(\CCCO[N+](=O)[O-])c1cc(-c2ccc(S(C)(=O)=O)cc2)n(C2CCCCC2)n1. The summed E-state index contributed by atoms with van der Waals surface area (Å²) < 4.78 is 25.7. The molecule has 32 heavy (non-hydrogen) atoms. The molecule has 0 N–H and O–H groups in total. The predicted molar refractivity (Wildman–Crippen MR) is 119 cm³/mol. The summed E-state index contributed by atoms with van der Waals surface area (Å²) in [6.45, 7) is -0.0428. The lowest BCUT2D eigenvalue weighted by molar-refractivity contribution is -0.757.